The molecule has 3 rings (SSSR count). The quantitative estimate of drug-likeness (QED) is 0.777. The minimum absolute atomic E-state index is 0.109. The third-order valence-electron chi connectivity index (χ3n) is 5.60. The van der Waals surface area contributed by atoms with Crippen LogP contribution in [-0.2, 0) is 14.4 Å². The Hall–Kier alpha value is -1.73. The molecule has 1 aliphatic heterocycles. The molecule has 2 saturated carbocycles. The number of hydrogen-bond donors (Lipinski definition) is 2. The molecule has 2 aliphatic carbocycles. The molecule has 0 radical (unpaired) electrons. The highest BCUT2D eigenvalue weighted by molar-refractivity contribution is 5.92. The summed E-state index contributed by atoms with van der Waals surface area (Å²) < 4.78 is 24.9. The van der Waals surface area contributed by atoms with E-state index in [-0.39, 0.29) is 23.2 Å². The molecule has 128 valence electrons. The predicted molar refractivity (Wildman–Crippen MR) is 74.6 cm³/mol. The van der Waals surface area contributed by atoms with Crippen LogP contribution in [0.1, 0.15) is 26.7 Å². The first kappa shape index (κ1) is 16.1. The number of likely N-dealkylation sites (tertiary alicyclic amines) is 1. The van der Waals surface area contributed by atoms with Gasteiger partial charge < -0.3 is 15.3 Å². The number of halogens is 2. The average Bonchev–Trinajstić information content (AvgIpc) is 3.31. The van der Waals surface area contributed by atoms with Crippen molar-refractivity contribution in [1.29, 1.82) is 0 Å². The van der Waals surface area contributed by atoms with Crippen molar-refractivity contribution < 1.29 is 28.3 Å². The summed E-state index contributed by atoms with van der Waals surface area (Å²) in [7, 11) is 0. The zero-order valence-corrected chi connectivity index (χ0v) is 13.0. The van der Waals surface area contributed by atoms with Crippen LogP contribution in [0.2, 0.25) is 0 Å². The fourth-order valence-electron chi connectivity index (χ4n) is 4.00. The lowest BCUT2D eigenvalue weighted by Crippen LogP contribution is -2.55. The zero-order valence-electron chi connectivity index (χ0n) is 13.0. The second kappa shape index (κ2) is 5.14. The lowest BCUT2D eigenvalue weighted by molar-refractivity contribution is -0.152. The number of carboxylic acids is 1. The van der Waals surface area contributed by atoms with Gasteiger partial charge in [0.1, 0.15) is 12.1 Å². The monoisotopic (exact) mass is 330 g/mol. The number of carbonyl (C=O) groups excluding carboxylic acids is 2. The number of nitrogens with zero attached hydrogens (tertiary/aromatic N) is 1. The predicted octanol–water partition coefficient (Wildman–Crippen LogP) is 0.714. The van der Waals surface area contributed by atoms with Crippen LogP contribution in [0.4, 0.5) is 8.78 Å². The molecule has 2 N–H and O–H groups in total. The Morgan fingerprint density at radius 2 is 1.87 bits per heavy atom. The van der Waals surface area contributed by atoms with Gasteiger partial charge in [-0.2, -0.15) is 8.78 Å². The van der Waals surface area contributed by atoms with Crippen molar-refractivity contribution in [2.24, 2.45) is 23.2 Å². The molecule has 2 amide bonds. The van der Waals surface area contributed by atoms with Crippen molar-refractivity contribution in [3.8, 4) is 0 Å². The largest absolute Gasteiger partial charge is 0.480 e. The molecular formula is C15H20F2N2O4. The van der Waals surface area contributed by atoms with Crippen LogP contribution < -0.4 is 5.32 Å². The summed E-state index contributed by atoms with van der Waals surface area (Å²) >= 11 is 0. The first-order chi connectivity index (χ1) is 10.7. The minimum atomic E-state index is -3.19. The third-order valence-corrected chi connectivity index (χ3v) is 5.60. The molecule has 0 aromatic rings. The highest BCUT2D eigenvalue weighted by atomic mass is 19.3. The number of carbonyl (C=O) groups is 3. The van der Waals surface area contributed by atoms with E-state index in [9.17, 15) is 28.3 Å². The van der Waals surface area contributed by atoms with E-state index < -0.39 is 36.3 Å². The standard InChI is InChI=1S/C15H20F2N2O4/c1-15(2)7-5-19(10(8(7)15)14(22)23)13(21)9(6-3-4-6)18-12(20)11(16)17/h6-11H,3-5H2,1-2H3,(H,18,20)(H,22,23)/t7-,8-,9-,10-/m0/s1. The molecule has 4 atom stereocenters. The van der Waals surface area contributed by atoms with Crippen LogP contribution in [-0.4, -0.2) is 52.8 Å². The molecule has 3 fully saturated rings. The number of carboxylic acid groups (broad SMARTS) is 1. The summed E-state index contributed by atoms with van der Waals surface area (Å²) in [5.41, 5.74) is -0.124. The van der Waals surface area contributed by atoms with Crippen LogP contribution in [0.3, 0.4) is 0 Å². The van der Waals surface area contributed by atoms with Gasteiger partial charge in [0.25, 0.3) is 5.91 Å². The van der Waals surface area contributed by atoms with E-state index >= 15 is 0 Å². The zero-order chi connectivity index (χ0) is 17.1. The van der Waals surface area contributed by atoms with Crippen LogP contribution in [0.15, 0.2) is 0 Å². The topological polar surface area (TPSA) is 86.7 Å². The normalized spacial score (nSPS) is 32.4. The van der Waals surface area contributed by atoms with Gasteiger partial charge in [0.05, 0.1) is 0 Å². The van der Waals surface area contributed by atoms with Gasteiger partial charge in [0, 0.05) is 12.5 Å². The van der Waals surface area contributed by atoms with Crippen molar-refractivity contribution in [2.45, 2.75) is 45.2 Å². The molecule has 0 bridgehead atoms. The van der Waals surface area contributed by atoms with Crippen LogP contribution in [0.25, 0.3) is 0 Å². The first-order valence-electron chi connectivity index (χ1n) is 7.78. The van der Waals surface area contributed by atoms with E-state index in [4.69, 9.17) is 0 Å². The van der Waals surface area contributed by atoms with Gasteiger partial charge in [-0.15, -0.1) is 0 Å². The van der Waals surface area contributed by atoms with Gasteiger partial charge in [0.2, 0.25) is 5.91 Å². The number of nitrogens with one attached hydrogen (secondary N) is 1. The van der Waals surface area contributed by atoms with Gasteiger partial charge in [-0.25, -0.2) is 4.79 Å². The Morgan fingerprint density at radius 3 is 2.35 bits per heavy atom. The molecule has 0 spiro atoms. The van der Waals surface area contributed by atoms with E-state index in [1.165, 1.54) is 4.90 Å². The number of piperidine rings is 1. The highest BCUT2D eigenvalue weighted by Crippen LogP contribution is 2.65. The fourth-order valence-corrected chi connectivity index (χ4v) is 4.00. The summed E-state index contributed by atoms with van der Waals surface area (Å²) in [5, 5.41) is 11.6. The smallest absolute Gasteiger partial charge is 0.326 e. The molecule has 0 unspecified atom stereocenters. The summed E-state index contributed by atoms with van der Waals surface area (Å²) in [6.45, 7) is 4.25. The second-order valence-corrected chi connectivity index (χ2v) is 7.35. The summed E-state index contributed by atoms with van der Waals surface area (Å²) in [4.78, 5) is 36.8. The summed E-state index contributed by atoms with van der Waals surface area (Å²) in [5.74, 6) is -3.28. The SMILES string of the molecule is CC1(C)[C@@H]2[C@@H](C(=O)O)N(C(=O)[C@@H](NC(=O)C(F)F)C3CC3)C[C@@H]21. The molecular weight excluding hydrogens is 310 g/mol. The van der Waals surface area contributed by atoms with Gasteiger partial charge in [-0.1, -0.05) is 13.8 Å². The Balaban J connectivity index is 1.76. The second-order valence-electron chi connectivity index (χ2n) is 7.35. The molecule has 1 saturated heterocycles. The van der Waals surface area contributed by atoms with Crippen LogP contribution >= 0.6 is 0 Å². The van der Waals surface area contributed by atoms with Crippen molar-refractivity contribution in [3.63, 3.8) is 0 Å². The van der Waals surface area contributed by atoms with Crippen molar-refractivity contribution in [2.75, 3.05) is 6.54 Å². The maximum atomic E-state index is 12.7. The van der Waals surface area contributed by atoms with Gasteiger partial charge in [-0.05, 0) is 30.1 Å². The molecule has 1 heterocycles. The van der Waals surface area contributed by atoms with E-state index in [1.807, 2.05) is 13.8 Å². The Bertz CT molecular complexity index is 562. The maximum Gasteiger partial charge on any atom is 0.326 e. The maximum absolute atomic E-state index is 12.7. The van der Waals surface area contributed by atoms with Crippen molar-refractivity contribution >= 4 is 17.8 Å². The molecule has 6 nitrogen and oxygen atoms in total. The Kier molecular flexibility index (Phi) is 3.61. The Morgan fingerprint density at radius 1 is 1.26 bits per heavy atom. The average molecular weight is 330 g/mol. The first-order valence-corrected chi connectivity index (χ1v) is 7.78. The van der Waals surface area contributed by atoms with Gasteiger partial charge >= 0.3 is 12.4 Å². The van der Waals surface area contributed by atoms with E-state index in [0.717, 1.165) is 0 Å². The lowest BCUT2D eigenvalue weighted by Gasteiger charge is -2.31. The number of rotatable bonds is 5. The number of alkyl halides is 2. The number of hydrogen-bond acceptors (Lipinski definition) is 3. The van der Waals surface area contributed by atoms with Crippen LogP contribution in [0.5, 0.6) is 0 Å². The van der Waals surface area contributed by atoms with Gasteiger partial charge in [-0.3, -0.25) is 9.59 Å². The van der Waals surface area contributed by atoms with Crippen molar-refractivity contribution in [1.82, 2.24) is 10.2 Å². The minimum Gasteiger partial charge on any atom is -0.480 e. The number of fused-ring (bicyclic) bond motifs is 1. The number of amides is 2. The van der Waals surface area contributed by atoms with Crippen LogP contribution in [0, 0.1) is 23.2 Å². The molecule has 8 heteroatoms. The number of aliphatic carboxylic acids is 1. The summed E-state index contributed by atoms with van der Waals surface area (Å²) in [6.07, 6.45) is -1.85. The summed E-state index contributed by atoms with van der Waals surface area (Å²) in [6, 6.07) is -1.98. The van der Waals surface area contributed by atoms with E-state index in [2.05, 4.69) is 5.32 Å². The van der Waals surface area contributed by atoms with Crippen molar-refractivity contribution in [3.05, 3.63) is 0 Å². The van der Waals surface area contributed by atoms with E-state index in [0.29, 0.717) is 19.4 Å². The Labute approximate surface area is 132 Å². The van der Waals surface area contributed by atoms with E-state index in [1.54, 1.807) is 0 Å². The fraction of sp³-hybridized carbons (Fsp3) is 0.800. The highest BCUT2D eigenvalue weighted by Gasteiger charge is 2.70. The lowest BCUT2D eigenvalue weighted by atomic mass is 10.00. The molecule has 0 aromatic carbocycles. The molecule has 23 heavy (non-hydrogen) atoms. The van der Waals surface area contributed by atoms with Gasteiger partial charge in [0.15, 0.2) is 0 Å². The molecule has 0 aromatic heterocycles. The molecule has 3 aliphatic rings. The third kappa shape index (κ3) is 2.57.